The number of rotatable bonds is 9. The number of guanidine groups is 1. The van der Waals surface area contributed by atoms with Gasteiger partial charge in [0.05, 0.1) is 20.3 Å². The predicted octanol–water partition coefficient (Wildman–Crippen LogP) is 4.43. The van der Waals surface area contributed by atoms with Crippen molar-refractivity contribution in [3.05, 3.63) is 59.7 Å². The van der Waals surface area contributed by atoms with Crippen LogP contribution in [0.3, 0.4) is 0 Å². The van der Waals surface area contributed by atoms with E-state index in [2.05, 4.69) is 57.8 Å². The summed E-state index contributed by atoms with van der Waals surface area (Å²) in [5, 5.41) is 7.02. The van der Waals surface area contributed by atoms with Gasteiger partial charge in [0.25, 0.3) is 0 Å². The largest absolute Gasteiger partial charge is 0.497 e. The summed E-state index contributed by atoms with van der Waals surface area (Å²) in [6.07, 6.45) is 2.51. The summed E-state index contributed by atoms with van der Waals surface area (Å²) in [5.74, 6) is 2.93. The van der Waals surface area contributed by atoms with Crippen LogP contribution >= 0.6 is 24.0 Å². The molecule has 0 saturated carbocycles. The van der Waals surface area contributed by atoms with Crippen LogP contribution in [0.25, 0.3) is 0 Å². The summed E-state index contributed by atoms with van der Waals surface area (Å²) in [4.78, 5) is 6.99. The second-order valence-corrected chi connectivity index (χ2v) is 8.01. The Morgan fingerprint density at radius 1 is 1.00 bits per heavy atom. The van der Waals surface area contributed by atoms with Gasteiger partial charge in [-0.05, 0) is 55.3 Å². The van der Waals surface area contributed by atoms with Gasteiger partial charge in [0, 0.05) is 26.1 Å². The molecular formula is C25H37IN4O2. The van der Waals surface area contributed by atoms with Crippen LogP contribution in [0.5, 0.6) is 11.5 Å². The zero-order chi connectivity index (χ0) is 22.1. The Morgan fingerprint density at radius 3 is 2.41 bits per heavy atom. The van der Waals surface area contributed by atoms with Gasteiger partial charge >= 0.3 is 0 Å². The highest BCUT2D eigenvalue weighted by molar-refractivity contribution is 14.0. The molecule has 0 aromatic heterocycles. The van der Waals surface area contributed by atoms with Gasteiger partial charge in [0.2, 0.25) is 0 Å². The Labute approximate surface area is 209 Å². The SMILES string of the molecule is CN=C(NCC(C)c1ccccc1OC)NCC(c1cccc(OC)c1)N1CCCC1.I. The minimum absolute atomic E-state index is 0. The zero-order valence-corrected chi connectivity index (χ0v) is 22.0. The van der Waals surface area contributed by atoms with Crippen LogP contribution in [-0.4, -0.2) is 58.3 Å². The lowest BCUT2D eigenvalue weighted by atomic mass is 10.0. The topological polar surface area (TPSA) is 58.1 Å². The maximum absolute atomic E-state index is 5.51. The van der Waals surface area contributed by atoms with E-state index in [-0.39, 0.29) is 30.0 Å². The first-order chi connectivity index (χ1) is 15.2. The van der Waals surface area contributed by atoms with Crippen LogP contribution in [0.1, 0.15) is 42.9 Å². The van der Waals surface area contributed by atoms with Crippen molar-refractivity contribution in [3.8, 4) is 11.5 Å². The summed E-state index contributed by atoms with van der Waals surface area (Å²) in [6.45, 7) is 6.01. The second kappa shape index (κ2) is 13.5. The first-order valence-electron chi connectivity index (χ1n) is 11.1. The zero-order valence-electron chi connectivity index (χ0n) is 19.6. The van der Waals surface area contributed by atoms with E-state index < -0.39 is 0 Å². The number of ether oxygens (including phenoxy) is 2. The Hall–Kier alpha value is -2.00. The van der Waals surface area contributed by atoms with Crippen LogP contribution in [0.15, 0.2) is 53.5 Å². The van der Waals surface area contributed by atoms with Gasteiger partial charge in [-0.15, -0.1) is 24.0 Å². The molecule has 176 valence electrons. The fourth-order valence-electron chi connectivity index (χ4n) is 4.21. The van der Waals surface area contributed by atoms with E-state index in [0.717, 1.165) is 43.6 Å². The normalized spacial score (nSPS) is 16.1. The van der Waals surface area contributed by atoms with Crippen molar-refractivity contribution in [3.63, 3.8) is 0 Å². The predicted molar refractivity (Wildman–Crippen MR) is 143 cm³/mol. The van der Waals surface area contributed by atoms with E-state index in [0.29, 0.717) is 5.92 Å². The molecule has 1 saturated heterocycles. The van der Waals surface area contributed by atoms with Crippen molar-refractivity contribution < 1.29 is 9.47 Å². The van der Waals surface area contributed by atoms with E-state index in [9.17, 15) is 0 Å². The number of hydrogen-bond acceptors (Lipinski definition) is 4. The number of para-hydroxylation sites is 1. The highest BCUT2D eigenvalue weighted by Gasteiger charge is 2.24. The number of nitrogens with zero attached hydrogens (tertiary/aromatic N) is 2. The third-order valence-corrected chi connectivity index (χ3v) is 5.99. The lowest BCUT2D eigenvalue weighted by Crippen LogP contribution is -2.43. The Bertz CT molecular complexity index is 855. The fraction of sp³-hybridized carbons (Fsp3) is 0.480. The molecule has 3 rings (SSSR count). The van der Waals surface area contributed by atoms with Crippen molar-refractivity contribution in [1.82, 2.24) is 15.5 Å². The molecule has 6 nitrogen and oxygen atoms in total. The van der Waals surface area contributed by atoms with Gasteiger partial charge < -0.3 is 20.1 Å². The molecule has 1 fully saturated rings. The van der Waals surface area contributed by atoms with Crippen LogP contribution in [0.4, 0.5) is 0 Å². The molecule has 0 radical (unpaired) electrons. The third kappa shape index (κ3) is 7.00. The van der Waals surface area contributed by atoms with Crippen LogP contribution in [0.2, 0.25) is 0 Å². The first-order valence-corrected chi connectivity index (χ1v) is 11.1. The van der Waals surface area contributed by atoms with Crippen molar-refractivity contribution in [2.75, 3.05) is 47.4 Å². The monoisotopic (exact) mass is 552 g/mol. The smallest absolute Gasteiger partial charge is 0.191 e. The molecular weight excluding hydrogens is 515 g/mol. The van der Waals surface area contributed by atoms with Gasteiger partial charge in [-0.25, -0.2) is 0 Å². The molecule has 1 aliphatic heterocycles. The maximum Gasteiger partial charge on any atom is 0.191 e. The highest BCUT2D eigenvalue weighted by atomic mass is 127. The van der Waals surface area contributed by atoms with E-state index in [4.69, 9.17) is 9.47 Å². The van der Waals surface area contributed by atoms with E-state index in [1.54, 1.807) is 14.2 Å². The average Bonchev–Trinajstić information content (AvgIpc) is 3.35. The molecule has 2 N–H and O–H groups in total. The van der Waals surface area contributed by atoms with Crippen molar-refractivity contribution in [2.24, 2.45) is 4.99 Å². The van der Waals surface area contributed by atoms with E-state index in [1.165, 1.54) is 24.0 Å². The standard InChI is InChI=1S/C25H36N4O2.HI/c1-19(22-12-5-6-13-24(22)31-4)17-27-25(26-2)28-18-23(29-14-7-8-15-29)20-10-9-11-21(16-20)30-3;/h5-6,9-13,16,19,23H,7-8,14-15,17-18H2,1-4H3,(H2,26,27,28);1H. The lowest BCUT2D eigenvalue weighted by Gasteiger charge is -2.29. The molecule has 0 aliphatic carbocycles. The minimum atomic E-state index is 0. The van der Waals surface area contributed by atoms with Gasteiger partial charge in [0.15, 0.2) is 5.96 Å². The molecule has 0 spiro atoms. The molecule has 2 unspecified atom stereocenters. The number of benzene rings is 2. The molecule has 1 heterocycles. The van der Waals surface area contributed by atoms with Crippen molar-refractivity contribution >= 4 is 29.9 Å². The van der Waals surface area contributed by atoms with E-state index >= 15 is 0 Å². The number of halogens is 1. The van der Waals surface area contributed by atoms with Crippen molar-refractivity contribution in [2.45, 2.75) is 31.7 Å². The molecule has 2 aromatic rings. The molecule has 7 heteroatoms. The minimum Gasteiger partial charge on any atom is -0.497 e. The first kappa shape index (κ1) is 26.3. The second-order valence-electron chi connectivity index (χ2n) is 8.01. The molecule has 0 bridgehead atoms. The van der Waals surface area contributed by atoms with Gasteiger partial charge in [-0.3, -0.25) is 9.89 Å². The number of nitrogens with one attached hydrogen (secondary N) is 2. The van der Waals surface area contributed by atoms with Crippen LogP contribution in [-0.2, 0) is 0 Å². The summed E-state index contributed by atoms with van der Waals surface area (Å²) >= 11 is 0. The van der Waals surface area contributed by atoms with Crippen LogP contribution < -0.4 is 20.1 Å². The lowest BCUT2D eigenvalue weighted by molar-refractivity contribution is 0.245. The highest BCUT2D eigenvalue weighted by Crippen LogP contribution is 2.27. The quantitative estimate of drug-likeness (QED) is 0.274. The third-order valence-electron chi connectivity index (χ3n) is 5.99. The summed E-state index contributed by atoms with van der Waals surface area (Å²) in [5.41, 5.74) is 2.46. The molecule has 2 aromatic carbocycles. The maximum atomic E-state index is 5.51. The number of aliphatic imine (C=N–C) groups is 1. The average molecular weight is 553 g/mol. The summed E-state index contributed by atoms with van der Waals surface area (Å²) < 4.78 is 11.0. The van der Waals surface area contributed by atoms with E-state index in [1.807, 2.05) is 25.2 Å². The van der Waals surface area contributed by atoms with Gasteiger partial charge in [-0.1, -0.05) is 37.3 Å². The Kier molecular flexibility index (Phi) is 11.1. The molecule has 1 aliphatic rings. The number of likely N-dealkylation sites (tertiary alicyclic amines) is 1. The van der Waals surface area contributed by atoms with Gasteiger partial charge in [-0.2, -0.15) is 0 Å². The summed E-state index contributed by atoms with van der Waals surface area (Å²) in [6, 6.07) is 16.9. The Balaban J connectivity index is 0.00000363. The number of hydrogen-bond donors (Lipinski definition) is 2. The molecule has 2 atom stereocenters. The molecule has 0 amide bonds. The fourth-order valence-corrected chi connectivity index (χ4v) is 4.21. The Morgan fingerprint density at radius 2 is 1.72 bits per heavy atom. The van der Waals surface area contributed by atoms with Crippen LogP contribution in [0, 0.1) is 0 Å². The summed E-state index contributed by atoms with van der Waals surface area (Å²) in [7, 11) is 5.26. The number of methoxy groups -OCH3 is 2. The molecule has 32 heavy (non-hydrogen) atoms. The van der Waals surface area contributed by atoms with Crippen molar-refractivity contribution in [1.29, 1.82) is 0 Å². The van der Waals surface area contributed by atoms with Gasteiger partial charge in [0.1, 0.15) is 11.5 Å².